The molecule has 0 radical (unpaired) electrons. The average molecular weight is 326 g/mol. The lowest BCUT2D eigenvalue weighted by Gasteiger charge is -2.18. The molecule has 2 N–H and O–H groups in total. The van der Waals surface area contributed by atoms with E-state index in [4.69, 9.17) is 9.47 Å². The number of ether oxygens (including phenoxy) is 2. The minimum absolute atomic E-state index is 0.0676. The summed E-state index contributed by atoms with van der Waals surface area (Å²) in [5.41, 5.74) is 0. The maximum Gasteiger partial charge on any atom is 0.220 e. The van der Waals surface area contributed by atoms with Crippen LogP contribution in [0.2, 0.25) is 0 Å². The number of amides is 1. The molecule has 1 aromatic rings. The molecule has 22 heavy (non-hydrogen) atoms. The molecular formula is C15H22N2O4S. The van der Waals surface area contributed by atoms with Gasteiger partial charge in [0, 0.05) is 29.7 Å². The molecule has 0 fully saturated rings. The number of hydrogen-bond acceptors (Lipinski definition) is 5. The Kier molecular flexibility index (Phi) is 6.67. The molecule has 0 saturated carbocycles. The normalized spacial score (nSPS) is 14.4. The fourth-order valence-electron chi connectivity index (χ4n) is 2.05. The van der Waals surface area contributed by atoms with Gasteiger partial charge in [0.1, 0.15) is 13.2 Å². The largest absolute Gasteiger partial charge is 0.486 e. The highest BCUT2D eigenvalue weighted by Gasteiger charge is 2.15. The third kappa shape index (κ3) is 4.99. The van der Waals surface area contributed by atoms with Crippen LogP contribution >= 0.6 is 0 Å². The number of fused-ring (bicyclic) bond motifs is 1. The predicted octanol–water partition coefficient (Wildman–Crippen LogP) is 0.681. The van der Waals surface area contributed by atoms with Gasteiger partial charge < -0.3 is 20.1 Å². The lowest BCUT2D eigenvalue weighted by Crippen LogP contribution is -2.27. The van der Waals surface area contributed by atoms with Gasteiger partial charge in [-0.15, -0.1) is 0 Å². The minimum atomic E-state index is -1.22. The number of hydrogen-bond donors (Lipinski definition) is 2. The van der Waals surface area contributed by atoms with Crippen molar-refractivity contribution in [3.63, 3.8) is 0 Å². The first-order chi connectivity index (χ1) is 10.7. The van der Waals surface area contributed by atoms with Crippen LogP contribution in [-0.2, 0) is 15.6 Å². The van der Waals surface area contributed by atoms with Gasteiger partial charge in [-0.05, 0) is 32.1 Å². The van der Waals surface area contributed by atoms with Crippen LogP contribution in [-0.4, -0.2) is 49.2 Å². The molecule has 0 saturated heterocycles. The molecule has 1 aromatic carbocycles. The fourth-order valence-corrected chi connectivity index (χ4v) is 3.11. The second-order valence-corrected chi connectivity index (χ2v) is 6.48. The van der Waals surface area contributed by atoms with Gasteiger partial charge in [0.2, 0.25) is 5.91 Å². The second kappa shape index (κ2) is 8.75. The van der Waals surface area contributed by atoms with Gasteiger partial charge in [-0.25, -0.2) is 0 Å². The quantitative estimate of drug-likeness (QED) is 0.687. The lowest BCUT2D eigenvalue weighted by molar-refractivity contribution is -0.120. The Morgan fingerprint density at radius 1 is 1.23 bits per heavy atom. The first kappa shape index (κ1) is 16.8. The van der Waals surface area contributed by atoms with Crippen LogP contribution in [0.3, 0.4) is 0 Å². The summed E-state index contributed by atoms with van der Waals surface area (Å²) in [5.74, 6) is 1.53. The fraction of sp³-hybridized carbons (Fsp3) is 0.533. The van der Waals surface area contributed by atoms with Crippen LogP contribution in [0.15, 0.2) is 23.1 Å². The second-order valence-electron chi connectivity index (χ2n) is 4.91. The summed E-state index contributed by atoms with van der Waals surface area (Å²) in [5, 5.41) is 5.83. The summed E-state index contributed by atoms with van der Waals surface area (Å²) in [6.45, 7) is 2.53. The van der Waals surface area contributed by atoms with E-state index in [1.54, 1.807) is 18.2 Å². The molecule has 0 aliphatic carbocycles. The number of carbonyl (C=O) groups excluding carboxylic acids is 1. The van der Waals surface area contributed by atoms with Crippen LogP contribution in [0.5, 0.6) is 11.5 Å². The van der Waals surface area contributed by atoms with E-state index in [1.165, 1.54) is 0 Å². The van der Waals surface area contributed by atoms with Crippen molar-refractivity contribution in [2.24, 2.45) is 0 Å². The smallest absolute Gasteiger partial charge is 0.220 e. The SMILES string of the molecule is CNCCCNC(=O)CCS(=O)c1ccc2c(c1)OCCO2. The number of rotatable bonds is 8. The predicted molar refractivity (Wildman–Crippen MR) is 84.9 cm³/mol. The summed E-state index contributed by atoms with van der Waals surface area (Å²) in [7, 11) is 0.654. The Morgan fingerprint density at radius 3 is 2.77 bits per heavy atom. The van der Waals surface area contributed by atoms with Crippen molar-refractivity contribution in [1.82, 2.24) is 10.6 Å². The average Bonchev–Trinajstić information content (AvgIpc) is 2.56. The van der Waals surface area contributed by atoms with Crippen LogP contribution in [0, 0.1) is 0 Å². The molecular weight excluding hydrogens is 304 g/mol. The highest BCUT2D eigenvalue weighted by atomic mass is 32.2. The molecule has 6 nitrogen and oxygen atoms in total. The van der Waals surface area contributed by atoms with Gasteiger partial charge in [-0.2, -0.15) is 0 Å². The zero-order valence-corrected chi connectivity index (χ0v) is 13.5. The first-order valence-corrected chi connectivity index (χ1v) is 8.72. The van der Waals surface area contributed by atoms with Gasteiger partial charge in [-0.1, -0.05) is 0 Å². The molecule has 1 atom stereocenters. The summed E-state index contributed by atoms with van der Waals surface area (Å²) in [6, 6.07) is 5.25. The van der Waals surface area contributed by atoms with Crippen molar-refractivity contribution >= 4 is 16.7 Å². The Morgan fingerprint density at radius 2 is 2.00 bits per heavy atom. The van der Waals surface area contributed by atoms with Gasteiger partial charge in [-0.3, -0.25) is 9.00 Å². The number of nitrogens with one attached hydrogen (secondary N) is 2. The highest BCUT2D eigenvalue weighted by Crippen LogP contribution is 2.31. The standard InChI is InChI=1S/C15H22N2O4S/c1-16-6-2-7-17-15(18)5-10-22(19)12-3-4-13-14(11-12)21-9-8-20-13/h3-4,11,16H,2,5-10H2,1H3,(H,17,18). The van der Waals surface area contributed by atoms with Crippen LogP contribution in [0.4, 0.5) is 0 Å². The van der Waals surface area contributed by atoms with Crippen molar-refractivity contribution in [3.8, 4) is 11.5 Å². The molecule has 2 rings (SSSR count). The molecule has 7 heteroatoms. The molecule has 0 spiro atoms. The van der Waals surface area contributed by atoms with Crippen LogP contribution in [0.1, 0.15) is 12.8 Å². The summed E-state index contributed by atoms with van der Waals surface area (Å²) >= 11 is 0. The van der Waals surface area contributed by atoms with Crippen molar-refractivity contribution in [2.45, 2.75) is 17.7 Å². The van der Waals surface area contributed by atoms with Crippen molar-refractivity contribution in [2.75, 3.05) is 39.1 Å². The summed E-state index contributed by atoms with van der Waals surface area (Å²) in [4.78, 5) is 12.3. The molecule has 1 aliphatic heterocycles. The molecule has 1 aliphatic rings. The van der Waals surface area contributed by atoms with E-state index in [-0.39, 0.29) is 12.3 Å². The van der Waals surface area contributed by atoms with E-state index >= 15 is 0 Å². The van der Waals surface area contributed by atoms with Gasteiger partial charge in [0.25, 0.3) is 0 Å². The summed E-state index contributed by atoms with van der Waals surface area (Å²) < 4.78 is 23.1. The Bertz CT molecular complexity index is 536. The maximum absolute atomic E-state index is 12.2. The number of carbonyl (C=O) groups is 1. The molecule has 0 aromatic heterocycles. The van der Waals surface area contributed by atoms with E-state index < -0.39 is 10.8 Å². The highest BCUT2D eigenvalue weighted by molar-refractivity contribution is 7.85. The van der Waals surface area contributed by atoms with E-state index in [0.29, 0.717) is 41.9 Å². The molecule has 1 heterocycles. The van der Waals surface area contributed by atoms with Crippen molar-refractivity contribution < 1.29 is 18.5 Å². The van der Waals surface area contributed by atoms with E-state index in [0.717, 1.165) is 13.0 Å². The monoisotopic (exact) mass is 326 g/mol. The third-order valence-corrected chi connectivity index (χ3v) is 4.57. The zero-order valence-electron chi connectivity index (χ0n) is 12.7. The van der Waals surface area contributed by atoms with Gasteiger partial charge in [0.05, 0.1) is 10.8 Å². The van der Waals surface area contributed by atoms with Crippen molar-refractivity contribution in [3.05, 3.63) is 18.2 Å². The zero-order chi connectivity index (χ0) is 15.8. The molecule has 1 unspecified atom stereocenters. The Hall–Kier alpha value is -1.60. The number of benzene rings is 1. The van der Waals surface area contributed by atoms with Crippen LogP contribution in [0.25, 0.3) is 0 Å². The minimum Gasteiger partial charge on any atom is -0.486 e. The van der Waals surface area contributed by atoms with Gasteiger partial charge in [0.15, 0.2) is 11.5 Å². The molecule has 122 valence electrons. The lowest BCUT2D eigenvalue weighted by atomic mass is 10.3. The summed E-state index contributed by atoms with van der Waals surface area (Å²) in [6.07, 6.45) is 1.13. The Labute approximate surface area is 133 Å². The van der Waals surface area contributed by atoms with Gasteiger partial charge >= 0.3 is 0 Å². The topological polar surface area (TPSA) is 76.7 Å². The first-order valence-electron chi connectivity index (χ1n) is 7.40. The third-order valence-electron chi connectivity index (χ3n) is 3.22. The molecule has 0 bridgehead atoms. The van der Waals surface area contributed by atoms with E-state index in [1.807, 2.05) is 7.05 Å². The van der Waals surface area contributed by atoms with Crippen LogP contribution < -0.4 is 20.1 Å². The van der Waals surface area contributed by atoms with Crippen molar-refractivity contribution in [1.29, 1.82) is 0 Å². The molecule has 1 amide bonds. The Balaban J connectivity index is 1.78. The van der Waals surface area contributed by atoms with E-state index in [9.17, 15) is 9.00 Å². The van der Waals surface area contributed by atoms with E-state index in [2.05, 4.69) is 10.6 Å². The maximum atomic E-state index is 12.2.